The third-order valence-electron chi connectivity index (χ3n) is 2.22. The molecule has 6 nitrogen and oxygen atoms in total. The van der Waals surface area contributed by atoms with Crippen LogP contribution in [0.3, 0.4) is 0 Å². The standard InChI is InChI=1S/C10H9N3O3/c1-16-13(11-6-7-12-13)9-5-3-2-4-8(9)10(14)15/h2-7H,1H3/p+1. The maximum atomic E-state index is 11.1. The first-order valence-electron chi connectivity index (χ1n) is 4.57. The molecule has 0 aromatic heterocycles. The molecule has 0 atom stereocenters. The summed E-state index contributed by atoms with van der Waals surface area (Å²) < 4.78 is 0. The molecule has 0 saturated heterocycles. The molecule has 1 aliphatic rings. The van der Waals surface area contributed by atoms with E-state index in [2.05, 4.69) is 10.2 Å². The summed E-state index contributed by atoms with van der Waals surface area (Å²) in [7, 11) is 1.42. The number of aromatic carboxylic acids is 1. The van der Waals surface area contributed by atoms with Gasteiger partial charge in [-0.15, -0.1) is 4.84 Å². The van der Waals surface area contributed by atoms with E-state index in [1.54, 1.807) is 18.2 Å². The number of rotatable bonds is 3. The number of hydrogen-bond donors (Lipinski definition) is 1. The molecule has 2 rings (SSSR count). The first-order chi connectivity index (χ1) is 7.69. The van der Waals surface area contributed by atoms with Crippen molar-refractivity contribution in [2.45, 2.75) is 0 Å². The van der Waals surface area contributed by atoms with Gasteiger partial charge in [0.2, 0.25) is 5.69 Å². The Morgan fingerprint density at radius 1 is 1.31 bits per heavy atom. The fourth-order valence-corrected chi connectivity index (χ4v) is 1.50. The van der Waals surface area contributed by atoms with E-state index in [1.807, 2.05) is 0 Å². The summed E-state index contributed by atoms with van der Waals surface area (Å²) in [6.07, 6.45) is 2.92. The van der Waals surface area contributed by atoms with Crippen LogP contribution in [0, 0.1) is 0 Å². The van der Waals surface area contributed by atoms with E-state index in [0.717, 1.165) is 0 Å². The van der Waals surface area contributed by atoms with Crippen LogP contribution in [-0.2, 0) is 4.84 Å². The lowest BCUT2D eigenvalue weighted by molar-refractivity contribution is -0.115. The highest BCUT2D eigenvalue weighted by Gasteiger charge is 2.38. The van der Waals surface area contributed by atoms with Gasteiger partial charge in [-0.3, -0.25) is 0 Å². The minimum atomic E-state index is -1.04. The number of hydrogen-bond acceptors (Lipinski definition) is 4. The predicted octanol–water partition coefficient (Wildman–Crippen LogP) is 1.24. The molecule has 0 amide bonds. The lowest BCUT2D eigenvalue weighted by atomic mass is 10.2. The van der Waals surface area contributed by atoms with Gasteiger partial charge in [0.1, 0.15) is 25.1 Å². The topological polar surface area (TPSA) is 71.2 Å². The van der Waals surface area contributed by atoms with Gasteiger partial charge in [0.05, 0.1) is 4.86 Å². The first-order valence-corrected chi connectivity index (χ1v) is 4.57. The van der Waals surface area contributed by atoms with Crippen molar-refractivity contribution in [3.05, 3.63) is 29.8 Å². The summed E-state index contributed by atoms with van der Waals surface area (Å²) >= 11 is 0. The van der Waals surface area contributed by atoms with Crippen molar-refractivity contribution in [2.24, 2.45) is 10.2 Å². The molecule has 0 aliphatic carbocycles. The van der Waals surface area contributed by atoms with E-state index in [0.29, 0.717) is 5.69 Å². The molecule has 1 heterocycles. The third-order valence-corrected chi connectivity index (χ3v) is 2.22. The van der Waals surface area contributed by atoms with Gasteiger partial charge in [0.25, 0.3) is 0 Å². The lowest BCUT2D eigenvalue weighted by Gasteiger charge is -2.18. The molecule has 0 unspecified atom stereocenters. The van der Waals surface area contributed by atoms with Crippen molar-refractivity contribution in [1.82, 2.24) is 4.86 Å². The summed E-state index contributed by atoms with van der Waals surface area (Å²) in [5.41, 5.74) is 0.475. The molecule has 0 saturated carbocycles. The quantitative estimate of drug-likeness (QED) is 0.779. The average Bonchev–Trinajstić information content (AvgIpc) is 2.78. The van der Waals surface area contributed by atoms with Crippen LogP contribution in [0.25, 0.3) is 0 Å². The van der Waals surface area contributed by atoms with E-state index in [1.165, 1.54) is 25.6 Å². The Balaban J connectivity index is 2.59. The summed E-state index contributed by atoms with van der Waals surface area (Å²) in [4.78, 5) is 15.7. The SMILES string of the molecule is CO[N+]1(c2ccccc2C(=O)O)N=CC=N1. The zero-order chi connectivity index (χ0) is 11.6. The van der Waals surface area contributed by atoms with E-state index in [4.69, 9.17) is 9.94 Å². The maximum Gasteiger partial charge on any atom is 0.342 e. The second-order valence-corrected chi connectivity index (χ2v) is 3.08. The summed E-state index contributed by atoms with van der Waals surface area (Å²) in [6.45, 7) is 0. The van der Waals surface area contributed by atoms with Crippen LogP contribution in [-0.4, -0.2) is 30.6 Å². The highest BCUT2D eigenvalue weighted by Crippen LogP contribution is 2.30. The molecule has 1 N–H and O–H groups in total. The molecule has 1 aliphatic heterocycles. The Kier molecular flexibility index (Phi) is 2.51. The number of benzene rings is 1. The summed E-state index contributed by atoms with van der Waals surface area (Å²) in [6, 6.07) is 6.46. The molecule has 1 aromatic rings. The summed E-state index contributed by atoms with van der Waals surface area (Å²) in [5.74, 6) is -1.04. The minimum Gasteiger partial charge on any atom is -0.477 e. The number of carboxylic acids is 1. The lowest BCUT2D eigenvalue weighted by Crippen LogP contribution is -2.36. The molecule has 0 radical (unpaired) electrons. The van der Waals surface area contributed by atoms with Crippen molar-refractivity contribution >= 4 is 24.1 Å². The second kappa shape index (κ2) is 3.84. The van der Waals surface area contributed by atoms with E-state index >= 15 is 0 Å². The average molecular weight is 220 g/mol. The second-order valence-electron chi connectivity index (χ2n) is 3.08. The molecule has 82 valence electrons. The molecule has 0 spiro atoms. The Bertz CT molecular complexity index is 470. The maximum absolute atomic E-state index is 11.1. The van der Waals surface area contributed by atoms with E-state index < -0.39 is 10.8 Å². The number of quaternary nitrogens is 1. The number of nitrogens with zero attached hydrogens (tertiary/aromatic N) is 3. The van der Waals surface area contributed by atoms with Gasteiger partial charge in [-0.1, -0.05) is 12.1 Å². The highest BCUT2D eigenvalue weighted by atomic mass is 16.8. The van der Waals surface area contributed by atoms with Gasteiger partial charge in [-0.2, -0.15) is 0 Å². The van der Waals surface area contributed by atoms with Crippen LogP contribution in [0.1, 0.15) is 10.4 Å². The molecular formula is C10H10N3O3+. The van der Waals surface area contributed by atoms with Gasteiger partial charge >= 0.3 is 5.97 Å². The fourth-order valence-electron chi connectivity index (χ4n) is 1.50. The molecular weight excluding hydrogens is 210 g/mol. The number of carbonyl (C=O) groups is 1. The fraction of sp³-hybridized carbons (Fsp3) is 0.100. The Morgan fingerprint density at radius 3 is 2.50 bits per heavy atom. The highest BCUT2D eigenvalue weighted by molar-refractivity contribution is 6.17. The van der Waals surface area contributed by atoms with Crippen molar-refractivity contribution < 1.29 is 14.7 Å². The van der Waals surface area contributed by atoms with E-state index in [9.17, 15) is 4.79 Å². The Morgan fingerprint density at radius 2 is 1.94 bits per heavy atom. The van der Waals surface area contributed by atoms with Crippen LogP contribution < -0.4 is 4.86 Å². The van der Waals surface area contributed by atoms with Gasteiger partial charge < -0.3 is 5.11 Å². The van der Waals surface area contributed by atoms with Crippen LogP contribution in [0.2, 0.25) is 0 Å². The van der Waals surface area contributed by atoms with Crippen molar-refractivity contribution in [3.63, 3.8) is 0 Å². The van der Waals surface area contributed by atoms with Crippen LogP contribution in [0.15, 0.2) is 34.5 Å². The Hall–Kier alpha value is -2.05. The van der Waals surface area contributed by atoms with Crippen LogP contribution in [0.5, 0.6) is 0 Å². The molecule has 6 heteroatoms. The number of carboxylic acid groups (broad SMARTS) is 1. The normalized spacial score (nSPS) is 16.6. The monoisotopic (exact) mass is 220 g/mol. The van der Waals surface area contributed by atoms with Gasteiger partial charge in [-0.05, 0) is 16.3 Å². The summed E-state index contributed by atoms with van der Waals surface area (Å²) in [5, 5.41) is 17.1. The largest absolute Gasteiger partial charge is 0.477 e. The first kappa shape index (κ1) is 10.5. The van der Waals surface area contributed by atoms with Gasteiger partial charge in [0.15, 0.2) is 0 Å². The van der Waals surface area contributed by atoms with Gasteiger partial charge in [-0.25, -0.2) is 4.79 Å². The third kappa shape index (κ3) is 1.50. The predicted molar refractivity (Wildman–Crippen MR) is 59.2 cm³/mol. The van der Waals surface area contributed by atoms with Crippen molar-refractivity contribution in [3.8, 4) is 0 Å². The zero-order valence-electron chi connectivity index (χ0n) is 8.57. The van der Waals surface area contributed by atoms with Crippen molar-refractivity contribution in [1.29, 1.82) is 0 Å². The van der Waals surface area contributed by atoms with E-state index in [-0.39, 0.29) is 5.56 Å². The molecule has 0 bridgehead atoms. The van der Waals surface area contributed by atoms with Crippen LogP contribution >= 0.6 is 0 Å². The smallest absolute Gasteiger partial charge is 0.342 e. The molecule has 16 heavy (non-hydrogen) atoms. The molecule has 1 aromatic carbocycles. The zero-order valence-corrected chi connectivity index (χ0v) is 8.57. The van der Waals surface area contributed by atoms with Crippen molar-refractivity contribution in [2.75, 3.05) is 7.11 Å². The minimum absolute atomic E-state index is 0.112. The molecule has 0 fully saturated rings. The van der Waals surface area contributed by atoms with Gasteiger partial charge in [0, 0.05) is 6.07 Å². The Labute approximate surface area is 91.6 Å². The van der Waals surface area contributed by atoms with Crippen LogP contribution in [0.4, 0.5) is 5.69 Å².